The predicted octanol–water partition coefficient (Wildman–Crippen LogP) is 2.45. The molecule has 0 spiro atoms. The van der Waals surface area contributed by atoms with E-state index in [9.17, 15) is 0 Å². The van der Waals surface area contributed by atoms with E-state index in [-0.39, 0.29) is 6.61 Å². The minimum absolute atomic E-state index is 0.250. The Morgan fingerprint density at radius 2 is 2.25 bits per heavy atom. The van der Waals surface area contributed by atoms with Crippen LogP contribution in [0, 0.1) is 5.92 Å². The Bertz CT molecular complexity index is 303. The van der Waals surface area contributed by atoms with Crippen molar-refractivity contribution >= 4 is 21.7 Å². The van der Waals surface area contributed by atoms with Gasteiger partial charge in [0.15, 0.2) is 0 Å². The molecular formula is C11H18BrN3O. The highest BCUT2D eigenvalue weighted by Crippen LogP contribution is 2.14. The predicted molar refractivity (Wildman–Crippen MR) is 68.3 cm³/mol. The van der Waals surface area contributed by atoms with Crippen LogP contribution in [0.2, 0.25) is 0 Å². The van der Waals surface area contributed by atoms with E-state index in [0.29, 0.717) is 5.92 Å². The molecule has 1 rings (SSSR count). The summed E-state index contributed by atoms with van der Waals surface area (Å²) >= 11 is 3.30. The third-order valence-corrected chi connectivity index (χ3v) is 2.87. The van der Waals surface area contributed by atoms with E-state index in [0.717, 1.165) is 36.2 Å². The normalized spacial score (nSPS) is 12.4. The molecule has 16 heavy (non-hydrogen) atoms. The number of anilines is 1. The lowest BCUT2D eigenvalue weighted by atomic mass is 10.0. The highest BCUT2D eigenvalue weighted by Gasteiger charge is 2.07. The van der Waals surface area contributed by atoms with Crippen molar-refractivity contribution in [3.05, 3.63) is 17.0 Å². The van der Waals surface area contributed by atoms with Gasteiger partial charge in [-0.15, -0.1) is 0 Å². The molecule has 1 unspecified atom stereocenters. The summed E-state index contributed by atoms with van der Waals surface area (Å²) in [6.07, 6.45) is 4.63. The van der Waals surface area contributed by atoms with Crippen molar-refractivity contribution in [3.8, 4) is 0 Å². The standard InChI is InChI=1S/C11H18BrN3O/c1-2-3-9(4-5-16)7-13-11-6-10(12)14-8-15-11/h6,8-9,16H,2-5,7H2,1H3,(H,13,14,15). The Kier molecular flexibility index (Phi) is 6.33. The minimum atomic E-state index is 0.250. The smallest absolute Gasteiger partial charge is 0.130 e. The van der Waals surface area contributed by atoms with Crippen LogP contribution in [0.5, 0.6) is 0 Å². The van der Waals surface area contributed by atoms with Gasteiger partial charge in [0.25, 0.3) is 0 Å². The van der Waals surface area contributed by atoms with E-state index in [2.05, 4.69) is 38.1 Å². The molecule has 0 aliphatic carbocycles. The molecule has 1 atom stereocenters. The van der Waals surface area contributed by atoms with Gasteiger partial charge in [-0.3, -0.25) is 0 Å². The maximum absolute atomic E-state index is 8.94. The van der Waals surface area contributed by atoms with Crippen molar-refractivity contribution in [3.63, 3.8) is 0 Å². The van der Waals surface area contributed by atoms with Gasteiger partial charge in [0, 0.05) is 19.2 Å². The molecule has 0 aliphatic rings. The fraction of sp³-hybridized carbons (Fsp3) is 0.636. The van der Waals surface area contributed by atoms with Crippen LogP contribution in [-0.2, 0) is 0 Å². The van der Waals surface area contributed by atoms with Crippen LogP contribution in [0.4, 0.5) is 5.82 Å². The third kappa shape index (κ3) is 4.90. The number of nitrogens with zero attached hydrogens (tertiary/aromatic N) is 2. The van der Waals surface area contributed by atoms with Crippen molar-refractivity contribution in [2.45, 2.75) is 26.2 Å². The lowest BCUT2D eigenvalue weighted by Crippen LogP contribution is -2.16. The molecule has 0 radical (unpaired) electrons. The summed E-state index contributed by atoms with van der Waals surface area (Å²) in [5.74, 6) is 1.32. The lowest BCUT2D eigenvalue weighted by Gasteiger charge is -2.15. The monoisotopic (exact) mass is 287 g/mol. The summed E-state index contributed by atoms with van der Waals surface area (Å²) < 4.78 is 0.777. The zero-order valence-electron chi connectivity index (χ0n) is 9.49. The van der Waals surface area contributed by atoms with Crippen molar-refractivity contribution in [1.82, 2.24) is 9.97 Å². The van der Waals surface area contributed by atoms with E-state index in [1.807, 2.05) is 6.07 Å². The average Bonchev–Trinajstić information content (AvgIpc) is 2.27. The maximum Gasteiger partial charge on any atom is 0.130 e. The molecule has 1 aromatic rings. The Labute approximate surface area is 105 Å². The first-order valence-electron chi connectivity index (χ1n) is 5.58. The number of hydrogen-bond donors (Lipinski definition) is 2. The number of aromatic nitrogens is 2. The van der Waals surface area contributed by atoms with Crippen LogP contribution in [0.3, 0.4) is 0 Å². The number of halogens is 1. The molecule has 0 bridgehead atoms. The second-order valence-corrected chi connectivity index (χ2v) is 4.59. The van der Waals surface area contributed by atoms with E-state index < -0.39 is 0 Å². The highest BCUT2D eigenvalue weighted by atomic mass is 79.9. The van der Waals surface area contributed by atoms with E-state index in [1.165, 1.54) is 6.33 Å². The SMILES string of the molecule is CCCC(CCO)CNc1cc(Br)ncn1. The van der Waals surface area contributed by atoms with Gasteiger partial charge in [-0.25, -0.2) is 9.97 Å². The first kappa shape index (κ1) is 13.4. The van der Waals surface area contributed by atoms with Crippen molar-refractivity contribution < 1.29 is 5.11 Å². The van der Waals surface area contributed by atoms with Crippen LogP contribution in [0.25, 0.3) is 0 Å². The molecule has 90 valence electrons. The van der Waals surface area contributed by atoms with Crippen LogP contribution >= 0.6 is 15.9 Å². The largest absolute Gasteiger partial charge is 0.396 e. The molecule has 4 nitrogen and oxygen atoms in total. The molecule has 0 saturated heterocycles. The Hall–Kier alpha value is -0.680. The topological polar surface area (TPSA) is 58.0 Å². The average molecular weight is 288 g/mol. The molecule has 2 N–H and O–H groups in total. The molecule has 0 amide bonds. The summed E-state index contributed by atoms with van der Waals surface area (Å²) in [5.41, 5.74) is 0. The summed E-state index contributed by atoms with van der Waals surface area (Å²) in [6.45, 7) is 3.25. The molecule has 5 heteroatoms. The van der Waals surface area contributed by atoms with Crippen LogP contribution in [0.15, 0.2) is 17.0 Å². The summed E-state index contributed by atoms with van der Waals surface area (Å²) in [6, 6.07) is 1.85. The highest BCUT2D eigenvalue weighted by molar-refractivity contribution is 9.10. The number of nitrogens with one attached hydrogen (secondary N) is 1. The first-order valence-corrected chi connectivity index (χ1v) is 6.37. The fourth-order valence-corrected chi connectivity index (χ4v) is 1.93. The summed E-state index contributed by atoms with van der Waals surface area (Å²) in [4.78, 5) is 8.08. The zero-order chi connectivity index (χ0) is 11.8. The van der Waals surface area contributed by atoms with Gasteiger partial charge in [0.2, 0.25) is 0 Å². The summed E-state index contributed by atoms with van der Waals surface area (Å²) in [5, 5.41) is 12.2. The number of aliphatic hydroxyl groups excluding tert-OH is 1. The zero-order valence-corrected chi connectivity index (χ0v) is 11.1. The lowest BCUT2D eigenvalue weighted by molar-refractivity contribution is 0.255. The molecule has 1 heterocycles. The number of rotatable bonds is 7. The van der Waals surface area contributed by atoms with Gasteiger partial charge in [-0.2, -0.15) is 0 Å². The van der Waals surface area contributed by atoms with Crippen LogP contribution in [-0.4, -0.2) is 28.2 Å². The maximum atomic E-state index is 8.94. The van der Waals surface area contributed by atoms with Crippen molar-refractivity contribution in [2.24, 2.45) is 5.92 Å². The van der Waals surface area contributed by atoms with Gasteiger partial charge in [0.05, 0.1) is 0 Å². The van der Waals surface area contributed by atoms with Gasteiger partial charge in [-0.1, -0.05) is 13.3 Å². The Morgan fingerprint density at radius 3 is 2.88 bits per heavy atom. The second-order valence-electron chi connectivity index (χ2n) is 3.77. The molecular weight excluding hydrogens is 270 g/mol. The second kappa shape index (κ2) is 7.57. The first-order chi connectivity index (χ1) is 7.76. The van der Waals surface area contributed by atoms with Crippen LogP contribution in [0.1, 0.15) is 26.2 Å². The fourth-order valence-electron chi connectivity index (χ4n) is 1.62. The van der Waals surface area contributed by atoms with Crippen LogP contribution < -0.4 is 5.32 Å². The van der Waals surface area contributed by atoms with Gasteiger partial charge in [-0.05, 0) is 34.7 Å². The molecule has 0 saturated carbocycles. The van der Waals surface area contributed by atoms with Gasteiger partial charge >= 0.3 is 0 Å². The number of aliphatic hydroxyl groups is 1. The quantitative estimate of drug-likeness (QED) is 0.757. The van der Waals surface area contributed by atoms with E-state index in [1.54, 1.807) is 0 Å². The van der Waals surface area contributed by atoms with E-state index >= 15 is 0 Å². The van der Waals surface area contributed by atoms with Gasteiger partial charge in [0.1, 0.15) is 16.7 Å². The Balaban J connectivity index is 2.41. The minimum Gasteiger partial charge on any atom is -0.396 e. The third-order valence-electron chi connectivity index (χ3n) is 2.44. The van der Waals surface area contributed by atoms with E-state index in [4.69, 9.17) is 5.11 Å². The van der Waals surface area contributed by atoms with Crippen molar-refractivity contribution in [1.29, 1.82) is 0 Å². The molecule has 0 aromatic carbocycles. The molecule has 0 fully saturated rings. The Morgan fingerprint density at radius 1 is 1.44 bits per heavy atom. The van der Waals surface area contributed by atoms with Gasteiger partial charge < -0.3 is 10.4 Å². The summed E-state index contributed by atoms with van der Waals surface area (Å²) in [7, 11) is 0. The van der Waals surface area contributed by atoms with Crippen molar-refractivity contribution in [2.75, 3.05) is 18.5 Å². The molecule has 1 aromatic heterocycles. The molecule has 0 aliphatic heterocycles. The number of hydrogen-bond acceptors (Lipinski definition) is 4.